The molecule has 15 rings (SSSR count). The van der Waals surface area contributed by atoms with E-state index in [9.17, 15) is 0 Å². The molecule has 10 aromatic carbocycles. The zero-order valence-corrected chi connectivity index (χ0v) is 33.2. The minimum Gasteiger partial charge on any atom is -0.310 e. The molecule has 2 spiro atoms. The van der Waals surface area contributed by atoms with Gasteiger partial charge in [-0.25, -0.2) is 0 Å². The van der Waals surface area contributed by atoms with Crippen molar-refractivity contribution in [2.45, 2.75) is 10.8 Å². The van der Waals surface area contributed by atoms with Gasteiger partial charge < -0.3 is 4.90 Å². The third kappa shape index (κ3) is 3.65. The summed E-state index contributed by atoms with van der Waals surface area (Å²) in [5.41, 5.74) is 27.1. The van der Waals surface area contributed by atoms with Gasteiger partial charge in [-0.05, 0) is 147 Å². The highest BCUT2D eigenvalue weighted by Gasteiger charge is 2.57. The van der Waals surface area contributed by atoms with Gasteiger partial charge in [0.25, 0.3) is 0 Å². The summed E-state index contributed by atoms with van der Waals surface area (Å²) in [6.07, 6.45) is 0. The number of anilines is 3. The molecule has 1 nitrogen and oxygen atoms in total. The fourth-order valence-corrected chi connectivity index (χ4v) is 12.9. The molecule has 5 aliphatic rings. The van der Waals surface area contributed by atoms with Gasteiger partial charge in [-0.1, -0.05) is 176 Å². The molecule has 0 N–H and O–H groups in total. The molecule has 10 aromatic rings. The van der Waals surface area contributed by atoms with Gasteiger partial charge in [-0.15, -0.1) is 0 Å². The van der Waals surface area contributed by atoms with Crippen molar-refractivity contribution in [2.24, 2.45) is 0 Å². The lowest BCUT2D eigenvalue weighted by Gasteiger charge is -2.33. The van der Waals surface area contributed by atoms with Crippen LogP contribution in [0.5, 0.6) is 0 Å². The standard InChI is InChI=1S/C60H35N/c1-2-14-37-33-38(28-27-36(37)13-1)61(39-29-31-45-43-17-5-9-25-53(43)59(55(45)34-39)51-23-7-3-15-41(51)42-16-4-8-24-52(42)59)40-30-32-46-48-20-12-22-50-49-21-11-19-47-44-18-6-10-26-54(44)60(57(47)49,58(48)50)56(46)35-40/h1-35H. The predicted molar refractivity (Wildman–Crippen MR) is 250 cm³/mol. The van der Waals surface area contributed by atoms with Gasteiger partial charge in [0.2, 0.25) is 0 Å². The Labute approximate surface area is 354 Å². The van der Waals surface area contributed by atoms with E-state index in [4.69, 9.17) is 0 Å². The van der Waals surface area contributed by atoms with Crippen molar-refractivity contribution in [2.75, 3.05) is 4.90 Å². The second-order valence-electron chi connectivity index (χ2n) is 17.5. The Hall–Kier alpha value is -7.74. The van der Waals surface area contributed by atoms with E-state index in [-0.39, 0.29) is 5.41 Å². The summed E-state index contributed by atoms with van der Waals surface area (Å²) in [7, 11) is 0. The normalized spacial score (nSPS) is 16.4. The molecular formula is C60H35N. The van der Waals surface area contributed by atoms with Gasteiger partial charge in [-0.2, -0.15) is 0 Å². The third-order valence-electron chi connectivity index (χ3n) is 15.0. The van der Waals surface area contributed by atoms with Crippen LogP contribution in [0.25, 0.3) is 66.4 Å². The summed E-state index contributed by atoms with van der Waals surface area (Å²) in [5, 5.41) is 2.46. The van der Waals surface area contributed by atoms with E-state index in [1.54, 1.807) is 0 Å². The van der Waals surface area contributed by atoms with E-state index in [0.29, 0.717) is 0 Å². The monoisotopic (exact) mass is 769 g/mol. The van der Waals surface area contributed by atoms with E-state index >= 15 is 0 Å². The Morgan fingerprint density at radius 2 is 0.574 bits per heavy atom. The summed E-state index contributed by atoms with van der Waals surface area (Å²) >= 11 is 0. The second-order valence-corrected chi connectivity index (χ2v) is 17.5. The maximum atomic E-state index is 2.54. The Kier molecular flexibility index (Phi) is 5.85. The van der Waals surface area contributed by atoms with Crippen molar-refractivity contribution in [3.8, 4) is 55.6 Å². The summed E-state index contributed by atoms with van der Waals surface area (Å²) in [5.74, 6) is 0. The zero-order chi connectivity index (χ0) is 39.6. The van der Waals surface area contributed by atoms with Crippen LogP contribution in [0.1, 0.15) is 44.5 Å². The molecule has 61 heavy (non-hydrogen) atoms. The van der Waals surface area contributed by atoms with Gasteiger partial charge in [0.15, 0.2) is 0 Å². The first-order valence-electron chi connectivity index (χ1n) is 21.5. The molecule has 0 fully saturated rings. The molecule has 0 bridgehead atoms. The number of fused-ring (bicyclic) bond motifs is 16. The molecule has 1 atom stereocenters. The molecule has 1 unspecified atom stereocenters. The van der Waals surface area contributed by atoms with Crippen LogP contribution in [0.15, 0.2) is 212 Å². The first-order chi connectivity index (χ1) is 30.3. The Morgan fingerprint density at radius 1 is 0.230 bits per heavy atom. The fraction of sp³-hybridized carbons (Fsp3) is 0.0333. The maximum absolute atomic E-state index is 2.54. The van der Waals surface area contributed by atoms with Gasteiger partial charge in [-0.3, -0.25) is 0 Å². The number of hydrogen-bond donors (Lipinski definition) is 0. The van der Waals surface area contributed by atoms with Crippen LogP contribution in [0.2, 0.25) is 0 Å². The average molecular weight is 770 g/mol. The number of benzene rings is 10. The number of nitrogens with zero attached hydrogens (tertiary/aromatic N) is 1. The molecule has 0 aromatic heterocycles. The van der Waals surface area contributed by atoms with Gasteiger partial charge in [0.1, 0.15) is 0 Å². The zero-order valence-electron chi connectivity index (χ0n) is 33.2. The topological polar surface area (TPSA) is 3.24 Å². The summed E-state index contributed by atoms with van der Waals surface area (Å²) in [6.45, 7) is 0. The Bertz CT molecular complexity index is 3420. The van der Waals surface area contributed by atoms with Crippen LogP contribution < -0.4 is 4.90 Å². The molecule has 280 valence electrons. The quantitative estimate of drug-likeness (QED) is 0.173. The summed E-state index contributed by atoms with van der Waals surface area (Å²) in [6, 6.07) is 80.7. The van der Waals surface area contributed by atoms with Crippen molar-refractivity contribution in [3.63, 3.8) is 0 Å². The van der Waals surface area contributed by atoms with Crippen LogP contribution in [0.3, 0.4) is 0 Å². The van der Waals surface area contributed by atoms with E-state index in [2.05, 4.69) is 217 Å². The Balaban J connectivity index is 1.02. The summed E-state index contributed by atoms with van der Waals surface area (Å²) < 4.78 is 0. The largest absolute Gasteiger partial charge is 0.310 e. The fourth-order valence-electron chi connectivity index (χ4n) is 12.9. The first-order valence-corrected chi connectivity index (χ1v) is 21.5. The minimum atomic E-state index is -0.434. The molecular weight excluding hydrogens is 735 g/mol. The molecule has 0 amide bonds. The highest BCUT2D eigenvalue weighted by molar-refractivity contribution is 6.07. The van der Waals surface area contributed by atoms with Crippen molar-refractivity contribution < 1.29 is 0 Å². The minimum absolute atomic E-state index is 0.365. The van der Waals surface area contributed by atoms with Crippen LogP contribution in [0, 0.1) is 0 Å². The molecule has 0 radical (unpaired) electrons. The van der Waals surface area contributed by atoms with Crippen molar-refractivity contribution in [3.05, 3.63) is 257 Å². The summed E-state index contributed by atoms with van der Waals surface area (Å²) in [4.78, 5) is 2.53. The molecule has 0 saturated carbocycles. The molecule has 1 heteroatoms. The lowest BCUT2D eigenvalue weighted by molar-refractivity contribution is 0.793. The smallest absolute Gasteiger partial charge is 0.0738 e. The van der Waals surface area contributed by atoms with E-state index < -0.39 is 5.41 Å². The molecule has 0 saturated heterocycles. The highest BCUT2D eigenvalue weighted by Crippen LogP contribution is 2.70. The van der Waals surface area contributed by atoms with Gasteiger partial charge in [0.05, 0.1) is 10.8 Å². The SMILES string of the molecule is c1ccc2c(c1)-c1ccccc1C21c2ccccc2-c2ccc(N(c3ccc4c(c3)C35c6ccccc6-c6cccc(c63)-c3cccc-4c35)c3ccc4ccccc4c3)cc21. The maximum Gasteiger partial charge on any atom is 0.0738 e. The third-order valence-corrected chi connectivity index (χ3v) is 15.0. The van der Waals surface area contributed by atoms with Crippen LogP contribution >= 0.6 is 0 Å². The second kappa shape index (κ2) is 11.1. The average Bonchev–Trinajstić information content (AvgIpc) is 4.07. The molecule has 5 aliphatic carbocycles. The first kappa shape index (κ1) is 32.2. The van der Waals surface area contributed by atoms with Crippen molar-refractivity contribution in [1.29, 1.82) is 0 Å². The van der Waals surface area contributed by atoms with Crippen LogP contribution in [-0.4, -0.2) is 0 Å². The van der Waals surface area contributed by atoms with Gasteiger partial charge >= 0.3 is 0 Å². The van der Waals surface area contributed by atoms with Crippen molar-refractivity contribution in [1.82, 2.24) is 0 Å². The number of hydrogen-bond acceptors (Lipinski definition) is 1. The molecule has 0 heterocycles. The lowest BCUT2D eigenvalue weighted by atomic mass is 9.70. The molecule has 0 aliphatic heterocycles. The highest BCUT2D eigenvalue weighted by atomic mass is 15.1. The van der Waals surface area contributed by atoms with E-state index in [1.165, 1.54) is 111 Å². The Morgan fingerprint density at radius 3 is 1.11 bits per heavy atom. The van der Waals surface area contributed by atoms with Crippen LogP contribution in [0.4, 0.5) is 17.1 Å². The van der Waals surface area contributed by atoms with Crippen LogP contribution in [-0.2, 0) is 10.8 Å². The van der Waals surface area contributed by atoms with E-state index in [0.717, 1.165) is 17.1 Å². The van der Waals surface area contributed by atoms with Gasteiger partial charge in [0, 0.05) is 17.1 Å². The van der Waals surface area contributed by atoms with E-state index in [1.807, 2.05) is 0 Å². The number of rotatable bonds is 3. The lowest BCUT2D eigenvalue weighted by Crippen LogP contribution is -2.26. The predicted octanol–water partition coefficient (Wildman–Crippen LogP) is 15.0. The van der Waals surface area contributed by atoms with Crippen molar-refractivity contribution >= 4 is 27.8 Å².